The summed E-state index contributed by atoms with van der Waals surface area (Å²) in [5, 5.41) is 33.6. The molecular formula is C31H34FN11O10S. The van der Waals surface area contributed by atoms with Gasteiger partial charge in [0.25, 0.3) is 21.6 Å². The molecule has 7 atom stereocenters. The molecule has 0 radical (unpaired) electrons. The largest absolute Gasteiger partial charge is 0.394 e. The molecule has 0 spiro atoms. The maximum absolute atomic E-state index is 16.0. The number of carbonyl (C=O) groups is 2. The summed E-state index contributed by atoms with van der Waals surface area (Å²) in [7, 11) is -4.49. The van der Waals surface area contributed by atoms with Crippen molar-refractivity contribution in [2.75, 3.05) is 23.0 Å². The van der Waals surface area contributed by atoms with Crippen molar-refractivity contribution >= 4 is 56.0 Å². The van der Waals surface area contributed by atoms with E-state index in [2.05, 4.69) is 45.9 Å². The molecule has 54 heavy (non-hydrogen) atoms. The zero-order valence-corrected chi connectivity index (χ0v) is 29.3. The van der Waals surface area contributed by atoms with E-state index in [0.717, 1.165) is 11.0 Å². The van der Waals surface area contributed by atoms with Gasteiger partial charge in [0.2, 0.25) is 11.9 Å². The van der Waals surface area contributed by atoms with Gasteiger partial charge >= 0.3 is 0 Å². The van der Waals surface area contributed by atoms with Crippen LogP contribution in [0.25, 0.3) is 22.3 Å². The molecule has 5 aromatic rings. The number of rotatable bonds is 12. The van der Waals surface area contributed by atoms with Crippen molar-refractivity contribution in [3.63, 3.8) is 0 Å². The van der Waals surface area contributed by atoms with Gasteiger partial charge in [0.15, 0.2) is 46.8 Å². The second-order valence-electron chi connectivity index (χ2n) is 12.9. The van der Waals surface area contributed by atoms with Crippen LogP contribution in [0.5, 0.6) is 0 Å². The highest BCUT2D eigenvalue weighted by Crippen LogP contribution is 2.37. The second kappa shape index (κ2) is 14.8. The number of aromatic amines is 1. The predicted octanol–water partition coefficient (Wildman–Crippen LogP) is 0.183. The Labute approximate surface area is 304 Å². The van der Waals surface area contributed by atoms with Gasteiger partial charge in [-0.25, -0.2) is 19.3 Å². The number of hydrogen-bond acceptors (Lipinski definition) is 16. The Morgan fingerprint density at radius 1 is 1.09 bits per heavy atom. The number of H-pyrrole nitrogens is 1. The molecule has 4 aromatic heterocycles. The highest BCUT2D eigenvalue weighted by Gasteiger charge is 2.49. The van der Waals surface area contributed by atoms with E-state index in [9.17, 15) is 33.0 Å². The first kappa shape index (κ1) is 37.0. The van der Waals surface area contributed by atoms with Crippen molar-refractivity contribution in [2.24, 2.45) is 5.92 Å². The van der Waals surface area contributed by atoms with Gasteiger partial charge in [-0.1, -0.05) is 37.3 Å². The van der Waals surface area contributed by atoms with Gasteiger partial charge in [-0.2, -0.15) is 18.1 Å². The molecule has 2 saturated heterocycles. The molecule has 2 aliphatic rings. The summed E-state index contributed by atoms with van der Waals surface area (Å²) < 4.78 is 61.4. The zero-order chi connectivity index (χ0) is 38.3. The summed E-state index contributed by atoms with van der Waals surface area (Å²) in [6.45, 7) is 2.51. The number of ether oxygens (including phenoxy) is 2. The van der Waals surface area contributed by atoms with Gasteiger partial charge in [0.05, 0.1) is 24.8 Å². The summed E-state index contributed by atoms with van der Waals surface area (Å²) in [6.07, 6.45) is -8.07. The molecular weight excluding hydrogens is 737 g/mol. The lowest BCUT2D eigenvalue weighted by Crippen LogP contribution is -2.36. The van der Waals surface area contributed by atoms with Crippen LogP contribution in [0.15, 0.2) is 47.8 Å². The Morgan fingerprint density at radius 3 is 2.61 bits per heavy atom. The van der Waals surface area contributed by atoms with E-state index in [0.29, 0.717) is 5.56 Å². The lowest BCUT2D eigenvalue weighted by atomic mass is 10.1. The average molecular weight is 772 g/mol. The molecule has 0 unspecified atom stereocenters. The number of nitrogens with zero attached hydrogens (tertiary/aromatic N) is 8. The lowest BCUT2D eigenvalue weighted by Gasteiger charge is -2.19. The molecule has 21 nitrogen and oxygen atoms in total. The van der Waals surface area contributed by atoms with Crippen LogP contribution in [0, 0.1) is 5.92 Å². The number of carbonyl (C=O) groups excluding carboxylic acids is 2. The fourth-order valence-electron chi connectivity index (χ4n) is 6.04. The van der Waals surface area contributed by atoms with E-state index in [1.807, 2.05) is 0 Å². The molecule has 2 amide bonds. The van der Waals surface area contributed by atoms with E-state index >= 15 is 4.39 Å². The van der Waals surface area contributed by atoms with Crippen LogP contribution in [-0.4, -0.2) is 118 Å². The minimum Gasteiger partial charge on any atom is -0.394 e. The molecule has 7 rings (SSSR count). The van der Waals surface area contributed by atoms with Crippen molar-refractivity contribution in [3.05, 3.63) is 58.9 Å². The molecule has 0 aliphatic carbocycles. The van der Waals surface area contributed by atoms with E-state index < -0.39 is 88.8 Å². The normalized spacial score (nSPS) is 24.4. The van der Waals surface area contributed by atoms with Gasteiger partial charge in [0, 0.05) is 17.9 Å². The van der Waals surface area contributed by atoms with E-state index in [1.165, 1.54) is 10.9 Å². The van der Waals surface area contributed by atoms with Crippen molar-refractivity contribution in [1.82, 2.24) is 44.5 Å². The molecule has 2 fully saturated rings. The number of aliphatic hydroxyl groups is 2. The summed E-state index contributed by atoms with van der Waals surface area (Å²) in [4.78, 5) is 56.5. The maximum atomic E-state index is 16.0. The van der Waals surface area contributed by atoms with E-state index in [4.69, 9.17) is 13.7 Å². The number of amides is 2. The molecule has 286 valence electrons. The summed E-state index contributed by atoms with van der Waals surface area (Å²) in [5.74, 6) is -2.09. The number of benzene rings is 1. The van der Waals surface area contributed by atoms with Crippen LogP contribution in [-0.2, 0) is 28.6 Å². The van der Waals surface area contributed by atoms with Crippen LogP contribution in [0.2, 0.25) is 0 Å². The van der Waals surface area contributed by atoms with Gasteiger partial charge in [0.1, 0.15) is 24.6 Å². The van der Waals surface area contributed by atoms with Gasteiger partial charge in [-0.15, -0.1) is 5.10 Å². The maximum Gasteiger partial charge on any atom is 0.282 e. The Hall–Kier alpha value is -5.33. The van der Waals surface area contributed by atoms with Crippen molar-refractivity contribution in [3.8, 4) is 0 Å². The molecule has 6 heterocycles. The third kappa shape index (κ3) is 7.28. The van der Waals surface area contributed by atoms with Gasteiger partial charge < -0.3 is 25.0 Å². The monoisotopic (exact) mass is 771 g/mol. The Kier molecular flexibility index (Phi) is 10.2. The Bertz CT molecular complexity index is 2360. The Morgan fingerprint density at radius 2 is 1.87 bits per heavy atom. The predicted molar refractivity (Wildman–Crippen MR) is 183 cm³/mol. The van der Waals surface area contributed by atoms with Crippen LogP contribution in [0.1, 0.15) is 49.5 Å². The second-order valence-corrected chi connectivity index (χ2v) is 14.6. The molecule has 0 bridgehead atoms. The fourth-order valence-corrected chi connectivity index (χ4v) is 7.26. The SMILES string of the molecule is CC(C)C(=O)Nc1nc2c(nnn2[C@@H]2O[C@H](CCS(=O)(=O)O[C@H]3[C@@H](F)[C@H](n4cnc5c(NC(=O)c6ccccc6)ncnc54)O[C@@H]3CO)C[C@H]2O)c(=O)[nH]1. The first-order valence-corrected chi connectivity index (χ1v) is 18.3. The topological polar surface area (TPSA) is 281 Å². The third-order valence-corrected chi connectivity index (χ3v) is 10.1. The number of imidazole rings is 1. The van der Waals surface area contributed by atoms with Crippen molar-refractivity contribution < 1.29 is 46.3 Å². The number of hydrogen-bond donors (Lipinski definition) is 5. The van der Waals surface area contributed by atoms with E-state index in [-0.39, 0.29) is 46.9 Å². The number of nitrogens with one attached hydrogen (secondary N) is 3. The molecule has 23 heteroatoms. The zero-order valence-electron chi connectivity index (χ0n) is 28.5. The first-order chi connectivity index (χ1) is 25.8. The molecule has 1 aromatic carbocycles. The Balaban J connectivity index is 1.01. The summed E-state index contributed by atoms with van der Waals surface area (Å²) in [5.41, 5.74) is -0.457. The number of aliphatic hydroxyl groups excluding tert-OH is 2. The quantitative estimate of drug-likeness (QED) is 0.106. The number of alkyl halides is 1. The minimum atomic E-state index is -4.49. The number of aromatic nitrogens is 9. The van der Waals surface area contributed by atoms with Crippen LogP contribution < -0.4 is 16.2 Å². The van der Waals surface area contributed by atoms with Gasteiger partial charge in [-0.05, 0) is 18.6 Å². The smallest absolute Gasteiger partial charge is 0.282 e. The lowest BCUT2D eigenvalue weighted by molar-refractivity contribution is -0.118. The summed E-state index contributed by atoms with van der Waals surface area (Å²) >= 11 is 0. The molecule has 0 saturated carbocycles. The third-order valence-electron chi connectivity index (χ3n) is 8.80. The molecule has 2 aliphatic heterocycles. The minimum absolute atomic E-state index is 0.0402. The van der Waals surface area contributed by atoms with Crippen molar-refractivity contribution in [1.29, 1.82) is 0 Å². The highest BCUT2D eigenvalue weighted by molar-refractivity contribution is 7.86. The van der Waals surface area contributed by atoms with Gasteiger partial charge in [-0.3, -0.25) is 33.4 Å². The highest BCUT2D eigenvalue weighted by atomic mass is 32.2. The first-order valence-electron chi connectivity index (χ1n) is 16.7. The number of fused-ring (bicyclic) bond motifs is 2. The number of halogens is 1. The van der Waals surface area contributed by atoms with Crippen molar-refractivity contribution in [2.45, 2.75) is 69.7 Å². The molecule has 5 N–H and O–H groups in total. The average Bonchev–Trinajstić information content (AvgIpc) is 3.93. The van der Waals surface area contributed by atoms with Crippen LogP contribution in [0.4, 0.5) is 16.2 Å². The standard InChI is InChI=1S/C31H34FN11O10S/c1-14(2)26(46)38-31-37-25-21(28(48)39-31)40-41-43(25)29-17(45)10-16(51-29)8-9-54(49,50)53-22-18(11-44)52-30(19(22)32)42-13-35-20-23(33-12-34-24(20)42)36-27(47)15-6-4-3-5-7-15/h3-7,12-14,16-19,22,29-30,44-45H,8-11H2,1-2H3,(H,33,34,36,47)(H2,37,38,39,46,48)/t16-,17-,18-,19-,22-,29-,30-/m1/s1. The van der Waals surface area contributed by atoms with Crippen LogP contribution in [0.3, 0.4) is 0 Å². The summed E-state index contributed by atoms with van der Waals surface area (Å²) in [6, 6.07) is 8.34. The van der Waals surface area contributed by atoms with Crippen LogP contribution >= 0.6 is 0 Å². The fraction of sp³-hybridized carbons (Fsp3) is 0.452. The number of anilines is 2. The van der Waals surface area contributed by atoms with E-state index in [1.54, 1.807) is 44.2 Å².